The molecule has 0 fully saturated rings. The molecule has 5 heteroatoms. The molecule has 3 unspecified atom stereocenters. The molecule has 0 aliphatic heterocycles. The van der Waals surface area contributed by atoms with Gasteiger partial charge in [-0.25, -0.2) is 0 Å². The number of allylic oxidation sites excluding steroid dienone is 2. The Hall–Kier alpha value is -0.910. The first-order valence-corrected chi connectivity index (χ1v) is 19.0. The smallest absolute Gasteiger partial charge is 0.222 e. The normalized spacial score (nSPS) is 13.9. The predicted molar refractivity (Wildman–Crippen MR) is 185 cm³/mol. The molecule has 0 bridgehead atoms. The van der Waals surface area contributed by atoms with Crippen LogP contribution in [0.1, 0.15) is 200 Å². The summed E-state index contributed by atoms with van der Waals surface area (Å²) in [5, 5.41) is 33.2. The molecule has 0 saturated heterocycles. The first-order chi connectivity index (χ1) is 21.0. The SMILES string of the molecule is CCCCCCCC/C=C\CCCC(O)CC(=O)NC(CO)C(O)CCCCCCCCCCCCCCCCCCC. The lowest BCUT2D eigenvalue weighted by atomic mass is 10.0. The van der Waals surface area contributed by atoms with Gasteiger partial charge in [-0.05, 0) is 38.5 Å². The maximum Gasteiger partial charge on any atom is 0.222 e. The number of carbonyl (C=O) groups is 1. The van der Waals surface area contributed by atoms with Gasteiger partial charge in [0.1, 0.15) is 0 Å². The molecular formula is C38H75NO4. The summed E-state index contributed by atoms with van der Waals surface area (Å²) in [6, 6.07) is -0.661. The van der Waals surface area contributed by atoms with Gasteiger partial charge >= 0.3 is 0 Å². The summed E-state index contributed by atoms with van der Waals surface area (Å²) >= 11 is 0. The van der Waals surface area contributed by atoms with E-state index >= 15 is 0 Å². The summed E-state index contributed by atoms with van der Waals surface area (Å²) in [4.78, 5) is 12.4. The average molecular weight is 610 g/mol. The lowest BCUT2D eigenvalue weighted by molar-refractivity contribution is -0.125. The van der Waals surface area contributed by atoms with Gasteiger partial charge in [0.15, 0.2) is 0 Å². The Labute approximate surface area is 268 Å². The van der Waals surface area contributed by atoms with Crippen LogP contribution in [0.5, 0.6) is 0 Å². The molecule has 0 saturated carbocycles. The number of carbonyl (C=O) groups excluding carboxylic acids is 1. The standard InChI is InChI=1S/C38H75NO4/c1-3-5-7-9-11-13-15-16-17-18-19-20-22-24-26-28-30-32-37(42)36(34-40)39-38(43)33-35(41)31-29-27-25-23-21-14-12-10-8-6-4-2/h23,25,35-37,40-42H,3-22,24,26-34H2,1-2H3,(H,39,43)/b25-23-. The zero-order valence-corrected chi connectivity index (χ0v) is 28.8. The van der Waals surface area contributed by atoms with Gasteiger partial charge in [0.2, 0.25) is 5.91 Å². The van der Waals surface area contributed by atoms with Crippen molar-refractivity contribution in [2.24, 2.45) is 0 Å². The van der Waals surface area contributed by atoms with Crippen molar-refractivity contribution in [3.05, 3.63) is 12.2 Å². The maximum atomic E-state index is 12.4. The van der Waals surface area contributed by atoms with E-state index in [-0.39, 0.29) is 18.9 Å². The first-order valence-electron chi connectivity index (χ1n) is 19.0. The molecule has 0 heterocycles. The van der Waals surface area contributed by atoms with Gasteiger partial charge in [0.25, 0.3) is 0 Å². The third kappa shape index (κ3) is 30.9. The van der Waals surface area contributed by atoms with Crippen molar-refractivity contribution in [2.75, 3.05) is 6.61 Å². The fraction of sp³-hybridized carbons (Fsp3) is 0.921. The van der Waals surface area contributed by atoms with Crippen molar-refractivity contribution < 1.29 is 20.1 Å². The number of amides is 1. The van der Waals surface area contributed by atoms with Crippen LogP contribution in [0, 0.1) is 0 Å². The summed E-state index contributed by atoms with van der Waals surface area (Å²) in [5.41, 5.74) is 0. The highest BCUT2D eigenvalue weighted by atomic mass is 16.3. The van der Waals surface area contributed by atoms with Gasteiger partial charge in [-0.3, -0.25) is 4.79 Å². The summed E-state index contributed by atoms with van der Waals surface area (Å²) in [6.45, 7) is 4.23. The molecule has 0 aliphatic rings. The van der Waals surface area contributed by atoms with Crippen molar-refractivity contribution >= 4 is 5.91 Å². The molecule has 4 N–H and O–H groups in total. The van der Waals surface area contributed by atoms with E-state index in [0.717, 1.165) is 32.1 Å². The molecule has 0 radical (unpaired) electrons. The van der Waals surface area contributed by atoms with Crippen LogP contribution in [0.3, 0.4) is 0 Å². The Kier molecular flexibility index (Phi) is 33.3. The van der Waals surface area contributed by atoms with E-state index in [1.54, 1.807) is 0 Å². The Morgan fingerprint density at radius 1 is 0.558 bits per heavy atom. The molecule has 0 aromatic rings. The fourth-order valence-corrected chi connectivity index (χ4v) is 5.87. The van der Waals surface area contributed by atoms with Crippen LogP contribution in [-0.2, 0) is 4.79 Å². The summed E-state index contributed by atoms with van der Waals surface area (Å²) in [5.74, 6) is -0.299. The van der Waals surface area contributed by atoms with Crippen molar-refractivity contribution in [1.82, 2.24) is 5.32 Å². The zero-order chi connectivity index (χ0) is 31.6. The fourth-order valence-electron chi connectivity index (χ4n) is 5.87. The highest BCUT2D eigenvalue weighted by Crippen LogP contribution is 2.15. The number of hydrogen-bond donors (Lipinski definition) is 4. The number of aliphatic hydroxyl groups excluding tert-OH is 3. The van der Waals surface area contributed by atoms with Crippen LogP contribution >= 0.6 is 0 Å². The van der Waals surface area contributed by atoms with E-state index in [1.165, 1.54) is 135 Å². The Morgan fingerprint density at radius 2 is 0.953 bits per heavy atom. The van der Waals surface area contributed by atoms with Crippen LogP contribution in [-0.4, -0.2) is 46.1 Å². The molecule has 0 rings (SSSR count). The topological polar surface area (TPSA) is 89.8 Å². The average Bonchev–Trinajstić information content (AvgIpc) is 3.00. The minimum absolute atomic E-state index is 0.0177. The second-order valence-electron chi connectivity index (χ2n) is 13.2. The number of hydrogen-bond acceptors (Lipinski definition) is 4. The molecule has 43 heavy (non-hydrogen) atoms. The van der Waals surface area contributed by atoms with E-state index < -0.39 is 18.2 Å². The summed E-state index contributed by atoms with van der Waals surface area (Å²) in [6.07, 6.45) is 37.4. The van der Waals surface area contributed by atoms with E-state index in [0.29, 0.717) is 12.8 Å². The molecule has 3 atom stereocenters. The summed E-state index contributed by atoms with van der Waals surface area (Å²) in [7, 11) is 0. The second kappa shape index (κ2) is 34.0. The molecule has 1 amide bonds. The minimum Gasteiger partial charge on any atom is -0.394 e. The molecule has 256 valence electrons. The van der Waals surface area contributed by atoms with Crippen LogP contribution in [0.15, 0.2) is 12.2 Å². The van der Waals surface area contributed by atoms with Crippen molar-refractivity contribution in [2.45, 2.75) is 218 Å². The minimum atomic E-state index is -0.751. The van der Waals surface area contributed by atoms with Gasteiger partial charge in [-0.1, -0.05) is 167 Å². The van der Waals surface area contributed by atoms with E-state index in [9.17, 15) is 20.1 Å². The number of aliphatic hydroxyl groups is 3. The lowest BCUT2D eigenvalue weighted by Crippen LogP contribution is -2.46. The Bertz CT molecular complexity index is 596. The summed E-state index contributed by atoms with van der Waals surface area (Å²) < 4.78 is 0. The number of nitrogens with one attached hydrogen (secondary N) is 1. The van der Waals surface area contributed by atoms with Crippen LogP contribution in [0.2, 0.25) is 0 Å². The highest BCUT2D eigenvalue weighted by molar-refractivity contribution is 5.76. The number of rotatable bonds is 34. The quantitative estimate of drug-likeness (QED) is 0.0432. The number of unbranched alkanes of at least 4 members (excludes halogenated alkanes) is 23. The highest BCUT2D eigenvalue weighted by Gasteiger charge is 2.21. The first kappa shape index (κ1) is 42.1. The predicted octanol–water partition coefficient (Wildman–Crippen LogP) is 10.1. The monoisotopic (exact) mass is 610 g/mol. The molecular weight excluding hydrogens is 534 g/mol. The van der Waals surface area contributed by atoms with Crippen LogP contribution in [0.25, 0.3) is 0 Å². The third-order valence-electron chi connectivity index (χ3n) is 8.83. The van der Waals surface area contributed by atoms with Gasteiger partial charge < -0.3 is 20.6 Å². The zero-order valence-electron chi connectivity index (χ0n) is 28.8. The lowest BCUT2D eigenvalue weighted by Gasteiger charge is -2.23. The van der Waals surface area contributed by atoms with E-state index in [1.807, 2.05) is 0 Å². The third-order valence-corrected chi connectivity index (χ3v) is 8.83. The maximum absolute atomic E-state index is 12.4. The van der Waals surface area contributed by atoms with Crippen molar-refractivity contribution in [3.63, 3.8) is 0 Å². The Morgan fingerprint density at radius 3 is 1.40 bits per heavy atom. The van der Waals surface area contributed by atoms with Crippen LogP contribution < -0.4 is 5.32 Å². The molecule has 0 aromatic heterocycles. The van der Waals surface area contributed by atoms with Crippen molar-refractivity contribution in [1.29, 1.82) is 0 Å². The largest absolute Gasteiger partial charge is 0.394 e. The molecule has 0 spiro atoms. The van der Waals surface area contributed by atoms with E-state index in [4.69, 9.17) is 0 Å². The van der Waals surface area contributed by atoms with E-state index in [2.05, 4.69) is 31.3 Å². The van der Waals surface area contributed by atoms with Gasteiger partial charge in [0, 0.05) is 0 Å². The van der Waals surface area contributed by atoms with Gasteiger partial charge in [-0.2, -0.15) is 0 Å². The van der Waals surface area contributed by atoms with Gasteiger partial charge in [-0.15, -0.1) is 0 Å². The molecule has 0 aromatic carbocycles. The molecule has 5 nitrogen and oxygen atoms in total. The molecule has 0 aliphatic carbocycles. The van der Waals surface area contributed by atoms with Gasteiger partial charge in [0.05, 0.1) is 31.3 Å². The van der Waals surface area contributed by atoms with Crippen LogP contribution in [0.4, 0.5) is 0 Å². The Balaban J connectivity index is 3.67. The van der Waals surface area contributed by atoms with Crippen molar-refractivity contribution in [3.8, 4) is 0 Å². The second-order valence-corrected chi connectivity index (χ2v) is 13.2.